The molecule has 156 valence electrons. The van der Waals surface area contributed by atoms with Gasteiger partial charge in [-0.25, -0.2) is 10.2 Å². The fourth-order valence-corrected chi connectivity index (χ4v) is 3.06. The molecule has 8 heteroatoms. The number of nitrogens with zero attached hydrogens (tertiary/aromatic N) is 1. The number of ether oxygens (including phenoxy) is 1. The summed E-state index contributed by atoms with van der Waals surface area (Å²) in [6.07, 6.45) is 1.38. The summed E-state index contributed by atoms with van der Waals surface area (Å²) in [4.78, 5) is 36.0. The van der Waals surface area contributed by atoms with Crippen LogP contribution in [0.2, 0.25) is 0 Å². The van der Waals surface area contributed by atoms with E-state index in [2.05, 4.69) is 38.4 Å². The second kappa shape index (κ2) is 10.5. The molecule has 31 heavy (non-hydrogen) atoms. The standard InChI is InChI=1S/C23H18IN3O4/c1-15-6-10-17(11-7-15)26-21(28)22(29)27-25-14-16-8-12-18(13-9-16)31-23(30)19-4-2-3-5-20(19)24/h2-14H,1H3,(H,26,28)(H,27,29)/b25-14-. The molecule has 0 aliphatic heterocycles. The number of carbonyl (C=O) groups is 3. The molecule has 0 radical (unpaired) electrons. The average Bonchev–Trinajstić information content (AvgIpc) is 2.76. The van der Waals surface area contributed by atoms with Crippen LogP contribution in [-0.2, 0) is 9.59 Å². The second-order valence-corrected chi connectivity index (χ2v) is 7.62. The van der Waals surface area contributed by atoms with Gasteiger partial charge in [0.05, 0.1) is 11.8 Å². The summed E-state index contributed by atoms with van der Waals surface area (Å²) in [5, 5.41) is 6.26. The lowest BCUT2D eigenvalue weighted by molar-refractivity contribution is -0.136. The number of hydrogen-bond acceptors (Lipinski definition) is 5. The van der Waals surface area contributed by atoms with Crippen molar-refractivity contribution in [1.29, 1.82) is 0 Å². The van der Waals surface area contributed by atoms with E-state index in [-0.39, 0.29) is 0 Å². The van der Waals surface area contributed by atoms with E-state index < -0.39 is 17.8 Å². The van der Waals surface area contributed by atoms with Crippen LogP contribution in [-0.4, -0.2) is 24.0 Å². The quantitative estimate of drug-likeness (QED) is 0.131. The van der Waals surface area contributed by atoms with Crippen molar-refractivity contribution in [2.75, 3.05) is 5.32 Å². The Hall–Kier alpha value is -3.53. The summed E-state index contributed by atoms with van der Waals surface area (Å²) >= 11 is 2.07. The maximum atomic E-state index is 12.2. The molecule has 2 N–H and O–H groups in total. The van der Waals surface area contributed by atoms with Gasteiger partial charge in [-0.15, -0.1) is 0 Å². The van der Waals surface area contributed by atoms with Crippen molar-refractivity contribution in [3.8, 4) is 5.75 Å². The molecule has 0 unspecified atom stereocenters. The third-order valence-electron chi connectivity index (χ3n) is 4.08. The SMILES string of the molecule is Cc1ccc(NC(=O)C(=O)N/N=C\c2ccc(OC(=O)c3ccccc3I)cc2)cc1. The molecule has 0 spiro atoms. The first kappa shape index (κ1) is 22.2. The molecule has 0 atom stereocenters. The molecule has 7 nitrogen and oxygen atoms in total. The van der Waals surface area contributed by atoms with E-state index >= 15 is 0 Å². The van der Waals surface area contributed by atoms with Gasteiger partial charge >= 0.3 is 17.8 Å². The Bertz CT molecular complexity index is 1130. The zero-order chi connectivity index (χ0) is 22.2. The Kier molecular flexibility index (Phi) is 7.50. The van der Waals surface area contributed by atoms with Gasteiger partial charge in [-0.1, -0.05) is 29.8 Å². The Balaban J connectivity index is 1.51. The summed E-state index contributed by atoms with van der Waals surface area (Å²) in [6, 6.07) is 20.8. The molecule has 0 bridgehead atoms. The number of carbonyl (C=O) groups excluding carboxylic acids is 3. The van der Waals surface area contributed by atoms with E-state index in [0.717, 1.165) is 9.13 Å². The lowest BCUT2D eigenvalue weighted by atomic mass is 10.2. The van der Waals surface area contributed by atoms with Gasteiger partial charge < -0.3 is 10.1 Å². The van der Waals surface area contributed by atoms with Crippen LogP contribution in [0.4, 0.5) is 5.69 Å². The van der Waals surface area contributed by atoms with Crippen molar-refractivity contribution in [2.24, 2.45) is 5.10 Å². The predicted octanol–water partition coefficient (Wildman–Crippen LogP) is 3.91. The molecule has 3 aromatic carbocycles. The molecular weight excluding hydrogens is 509 g/mol. The number of halogens is 1. The molecule has 3 rings (SSSR count). The van der Waals surface area contributed by atoms with E-state index in [1.807, 2.05) is 31.2 Å². The Morgan fingerprint density at radius 2 is 1.58 bits per heavy atom. The fraction of sp³-hybridized carbons (Fsp3) is 0.0435. The van der Waals surface area contributed by atoms with Crippen molar-refractivity contribution in [3.05, 3.63) is 93.1 Å². The number of nitrogens with one attached hydrogen (secondary N) is 2. The van der Waals surface area contributed by atoms with E-state index in [1.165, 1.54) is 6.21 Å². The summed E-state index contributed by atoms with van der Waals surface area (Å²) in [7, 11) is 0. The average molecular weight is 527 g/mol. The van der Waals surface area contributed by atoms with Crippen LogP contribution >= 0.6 is 22.6 Å². The van der Waals surface area contributed by atoms with E-state index in [9.17, 15) is 14.4 Å². The van der Waals surface area contributed by atoms with Gasteiger partial charge in [0.1, 0.15) is 5.75 Å². The Labute approximate surface area is 192 Å². The van der Waals surface area contributed by atoms with E-state index in [4.69, 9.17) is 4.74 Å². The molecule has 2 amide bonds. The van der Waals surface area contributed by atoms with Gasteiger partial charge in [-0.2, -0.15) is 5.10 Å². The monoisotopic (exact) mass is 527 g/mol. The van der Waals surface area contributed by atoms with Crippen LogP contribution in [0.15, 0.2) is 77.9 Å². The smallest absolute Gasteiger partial charge is 0.344 e. The highest BCUT2D eigenvalue weighted by Gasteiger charge is 2.13. The van der Waals surface area contributed by atoms with Gasteiger partial charge in [0, 0.05) is 9.26 Å². The Morgan fingerprint density at radius 3 is 2.26 bits per heavy atom. The van der Waals surface area contributed by atoms with Gasteiger partial charge in [-0.3, -0.25) is 9.59 Å². The van der Waals surface area contributed by atoms with Crippen molar-refractivity contribution < 1.29 is 19.1 Å². The molecular formula is C23H18IN3O4. The largest absolute Gasteiger partial charge is 0.423 e. The first-order valence-corrected chi connectivity index (χ1v) is 10.3. The van der Waals surface area contributed by atoms with Crippen molar-refractivity contribution in [3.63, 3.8) is 0 Å². The highest BCUT2D eigenvalue weighted by molar-refractivity contribution is 14.1. The minimum absolute atomic E-state index is 0.378. The molecule has 3 aromatic rings. The minimum atomic E-state index is -0.889. The summed E-state index contributed by atoms with van der Waals surface area (Å²) in [6.45, 7) is 1.92. The second-order valence-electron chi connectivity index (χ2n) is 6.46. The summed E-state index contributed by atoms with van der Waals surface area (Å²) in [5.74, 6) is -1.78. The molecule has 0 aliphatic carbocycles. The highest BCUT2D eigenvalue weighted by atomic mass is 127. The van der Waals surface area contributed by atoms with Crippen LogP contribution in [0.3, 0.4) is 0 Å². The van der Waals surface area contributed by atoms with Gasteiger partial charge in [0.2, 0.25) is 0 Å². The maximum Gasteiger partial charge on any atom is 0.344 e. The number of hydrogen-bond donors (Lipinski definition) is 2. The molecule has 0 aromatic heterocycles. The number of amides is 2. The zero-order valence-electron chi connectivity index (χ0n) is 16.5. The van der Waals surface area contributed by atoms with Gasteiger partial charge in [-0.05, 0) is 83.6 Å². The normalized spacial score (nSPS) is 10.5. The number of aryl methyl sites for hydroxylation is 1. The van der Waals surface area contributed by atoms with Crippen LogP contribution < -0.4 is 15.5 Å². The Morgan fingerprint density at radius 1 is 0.903 bits per heavy atom. The third kappa shape index (κ3) is 6.48. The van der Waals surface area contributed by atoms with Gasteiger partial charge in [0.25, 0.3) is 0 Å². The van der Waals surface area contributed by atoms with E-state index in [0.29, 0.717) is 22.6 Å². The number of anilines is 1. The number of benzene rings is 3. The molecule has 0 saturated carbocycles. The number of rotatable bonds is 5. The van der Waals surface area contributed by atoms with E-state index in [1.54, 1.807) is 48.5 Å². The van der Waals surface area contributed by atoms with Crippen LogP contribution in [0, 0.1) is 10.5 Å². The highest BCUT2D eigenvalue weighted by Crippen LogP contribution is 2.17. The lowest BCUT2D eigenvalue weighted by Crippen LogP contribution is -2.32. The maximum absolute atomic E-state index is 12.2. The van der Waals surface area contributed by atoms with Crippen molar-refractivity contribution in [1.82, 2.24) is 5.43 Å². The van der Waals surface area contributed by atoms with Crippen LogP contribution in [0.5, 0.6) is 5.75 Å². The first-order chi connectivity index (χ1) is 14.9. The third-order valence-corrected chi connectivity index (χ3v) is 5.02. The van der Waals surface area contributed by atoms with Crippen LogP contribution in [0.25, 0.3) is 0 Å². The van der Waals surface area contributed by atoms with Crippen molar-refractivity contribution in [2.45, 2.75) is 6.92 Å². The molecule has 0 saturated heterocycles. The number of hydrazone groups is 1. The summed E-state index contributed by atoms with van der Waals surface area (Å²) < 4.78 is 6.17. The molecule has 0 heterocycles. The number of esters is 1. The molecule has 0 fully saturated rings. The first-order valence-electron chi connectivity index (χ1n) is 9.20. The minimum Gasteiger partial charge on any atom is -0.423 e. The summed E-state index contributed by atoms with van der Waals surface area (Å²) in [5.41, 5.74) is 4.87. The topological polar surface area (TPSA) is 96.9 Å². The van der Waals surface area contributed by atoms with Crippen LogP contribution in [0.1, 0.15) is 21.5 Å². The predicted molar refractivity (Wildman–Crippen MR) is 126 cm³/mol. The molecule has 0 aliphatic rings. The zero-order valence-corrected chi connectivity index (χ0v) is 18.6. The lowest BCUT2D eigenvalue weighted by Gasteiger charge is -2.06. The fourth-order valence-electron chi connectivity index (χ4n) is 2.45. The van der Waals surface area contributed by atoms with Gasteiger partial charge in [0.15, 0.2) is 0 Å². The van der Waals surface area contributed by atoms with Crippen molar-refractivity contribution >= 4 is 52.3 Å².